The standard InChI is InChI=1S/C16H33N/c1-6-7-8-9-10-11-12-17-13-14-15(2,3)16(14,4)5/h14,17H,6-13H2,1-5H3. The fraction of sp³-hybridized carbons (Fsp3) is 1.00. The first-order valence-electron chi connectivity index (χ1n) is 7.65. The Kier molecular flexibility index (Phi) is 5.50. The molecule has 1 rings (SSSR count). The lowest BCUT2D eigenvalue weighted by atomic mass is 10.0. The van der Waals surface area contributed by atoms with Crippen molar-refractivity contribution in [3.8, 4) is 0 Å². The molecule has 0 atom stereocenters. The summed E-state index contributed by atoms with van der Waals surface area (Å²) >= 11 is 0. The number of unbranched alkanes of at least 4 members (excludes halogenated alkanes) is 5. The highest BCUT2D eigenvalue weighted by atomic mass is 14.9. The van der Waals surface area contributed by atoms with Crippen LogP contribution in [0.2, 0.25) is 0 Å². The van der Waals surface area contributed by atoms with E-state index in [9.17, 15) is 0 Å². The minimum atomic E-state index is 0.543. The van der Waals surface area contributed by atoms with Crippen molar-refractivity contribution in [2.24, 2.45) is 16.7 Å². The van der Waals surface area contributed by atoms with Gasteiger partial charge in [0, 0.05) is 0 Å². The van der Waals surface area contributed by atoms with Crippen molar-refractivity contribution >= 4 is 0 Å². The van der Waals surface area contributed by atoms with Crippen molar-refractivity contribution in [2.75, 3.05) is 13.1 Å². The van der Waals surface area contributed by atoms with Gasteiger partial charge >= 0.3 is 0 Å². The molecule has 0 aromatic heterocycles. The summed E-state index contributed by atoms with van der Waals surface area (Å²) in [6, 6.07) is 0. The van der Waals surface area contributed by atoms with Crippen LogP contribution in [-0.2, 0) is 0 Å². The number of nitrogens with one attached hydrogen (secondary N) is 1. The second-order valence-electron chi connectivity index (χ2n) is 6.97. The van der Waals surface area contributed by atoms with E-state index in [0.29, 0.717) is 10.8 Å². The average molecular weight is 239 g/mol. The van der Waals surface area contributed by atoms with E-state index in [-0.39, 0.29) is 0 Å². The summed E-state index contributed by atoms with van der Waals surface area (Å²) in [5, 5.41) is 3.65. The van der Waals surface area contributed by atoms with Crippen molar-refractivity contribution < 1.29 is 0 Å². The number of hydrogen-bond acceptors (Lipinski definition) is 1. The van der Waals surface area contributed by atoms with Crippen molar-refractivity contribution in [3.63, 3.8) is 0 Å². The van der Waals surface area contributed by atoms with Gasteiger partial charge in [0.15, 0.2) is 0 Å². The van der Waals surface area contributed by atoms with Crippen molar-refractivity contribution in [1.82, 2.24) is 5.32 Å². The van der Waals surface area contributed by atoms with Crippen LogP contribution in [0.1, 0.15) is 73.1 Å². The Labute approximate surface area is 109 Å². The second-order valence-corrected chi connectivity index (χ2v) is 6.97. The molecule has 0 unspecified atom stereocenters. The van der Waals surface area contributed by atoms with Gasteiger partial charge in [0.2, 0.25) is 0 Å². The van der Waals surface area contributed by atoms with E-state index < -0.39 is 0 Å². The zero-order valence-corrected chi connectivity index (χ0v) is 12.7. The Morgan fingerprint density at radius 2 is 1.35 bits per heavy atom. The predicted octanol–water partition coefficient (Wildman–Crippen LogP) is 4.62. The first-order chi connectivity index (χ1) is 7.94. The smallest absolute Gasteiger partial charge is 0.000989 e. The molecule has 0 spiro atoms. The molecule has 0 aromatic rings. The summed E-state index contributed by atoms with van der Waals surface area (Å²) in [4.78, 5) is 0. The number of hydrogen-bond donors (Lipinski definition) is 1. The van der Waals surface area contributed by atoms with E-state index in [0.717, 1.165) is 5.92 Å². The van der Waals surface area contributed by atoms with Crippen molar-refractivity contribution in [2.45, 2.75) is 73.1 Å². The van der Waals surface area contributed by atoms with E-state index in [1.807, 2.05) is 0 Å². The van der Waals surface area contributed by atoms with E-state index in [1.54, 1.807) is 0 Å². The molecule has 1 nitrogen and oxygen atoms in total. The van der Waals surface area contributed by atoms with Crippen LogP contribution >= 0.6 is 0 Å². The quantitative estimate of drug-likeness (QED) is 0.579. The van der Waals surface area contributed by atoms with Gasteiger partial charge in [-0.1, -0.05) is 66.7 Å². The van der Waals surface area contributed by atoms with Crippen LogP contribution in [-0.4, -0.2) is 13.1 Å². The van der Waals surface area contributed by atoms with Gasteiger partial charge in [-0.3, -0.25) is 0 Å². The molecule has 0 aromatic carbocycles. The van der Waals surface area contributed by atoms with Crippen LogP contribution in [0.5, 0.6) is 0 Å². The van der Waals surface area contributed by atoms with Crippen LogP contribution < -0.4 is 5.32 Å². The molecule has 17 heavy (non-hydrogen) atoms. The van der Waals surface area contributed by atoms with Crippen molar-refractivity contribution in [1.29, 1.82) is 0 Å². The van der Waals surface area contributed by atoms with Crippen molar-refractivity contribution in [3.05, 3.63) is 0 Å². The lowest BCUT2D eigenvalue weighted by molar-refractivity contribution is 0.457. The average Bonchev–Trinajstić information content (AvgIpc) is 2.64. The monoisotopic (exact) mass is 239 g/mol. The molecule has 1 heteroatoms. The molecule has 0 heterocycles. The molecule has 0 amide bonds. The molecule has 1 fully saturated rings. The summed E-state index contributed by atoms with van der Waals surface area (Å²) in [5.74, 6) is 0.870. The van der Waals surface area contributed by atoms with E-state index in [1.165, 1.54) is 51.6 Å². The highest BCUT2D eigenvalue weighted by molar-refractivity contribution is 5.12. The summed E-state index contributed by atoms with van der Waals surface area (Å²) in [6.45, 7) is 14.3. The van der Waals surface area contributed by atoms with Crippen LogP contribution in [0.4, 0.5) is 0 Å². The third-order valence-electron chi connectivity index (χ3n) is 5.38. The van der Waals surface area contributed by atoms with Gasteiger partial charge in [0.05, 0.1) is 0 Å². The third kappa shape index (κ3) is 3.71. The molecule has 1 aliphatic carbocycles. The van der Waals surface area contributed by atoms with Gasteiger partial charge in [0.1, 0.15) is 0 Å². The molecule has 1 N–H and O–H groups in total. The summed E-state index contributed by atoms with van der Waals surface area (Å²) in [6.07, 6.45) is 8.39. The number of rotatable bonds is 9. The van der Waals surface area contributed by atoms with Gasteiger partial charge in [-0.05, 0) is 36.3 Å². The topological polar surface area (TPSA) is 12.0 Å². The normalized spacial score (nSPS) is 21.7. The van der Waals surface area contributed by atoms with Crippen LogP contribution in [0, 0.1) is 16.7 Å². The zero-order valence-electron chi connectivity index (χ0n) is 12.7. The maximum Gasteiger partial charge on any atom is -0.000989 e. The first kappa shape index (κ1) is 15.0. The van der Waals surface area contributed by atoms with Crippen LogP contribution in [0.25, 0.3) is 0 Å². The van der Waals surface area contributed by atoms with E-state index >= 15 is 0 Å². The summed E-state index contributed by atoms with van der Waals surface area (Å²) in [7, 11) is 0. The Morgan fingerprint density at radius 1 is 0.824 bits per heavy atom. The first-order valence-corrected chi connectivity index (χ1v) is 7.65. The van der Waals surface area contributed by atoms with Crippen LogP contribution in [0.15, 0.2) is 0 Å². The van der Waals surface area contributed by atoms with Crippen LogP contribution in [0.3, 0.4) is 0 Å². The minimum absolute atomic E-state index is 0.543. The van der Waals surface area contributed by atoms with Gasteiger partial charge in [0.25, 0.3) is 0 Å². The molecule has 0 radical (unpaired) electrons. The SMILES string of the molecule is CCCCCCCCNCC1C(C)(C)C1(C)C. The minimum Gasteiger partial charge on any atom is -0.316 e. The van der Waals surface area contributed by atoms with E-state index in [2.05, 4.69) is 39.9 Å². The predicted molar refractivity (Wildman–Crippen MR) is 77.3 cm³/mol. The Balaban J connectivity index is 1.93. The lowest BCUT2D eigenvalue weighted by Gasteiger charge is -2.06. The van der Waals surface area contributed by atoms with Gasteiger partial charge < -0.3 is 5.32 Å². The molecule has 0 saturated heterocycles. The molecule has 0 bridgehead atoms. The fourth-order valence-corrected chi connectivity index (χ4v) is 3.12. The zero-order chi connectivity index (χ0) is 12.9. The van der Waals surface area contributed by atoms with Gasteiger partial charge in [-0.15, -0.1) is 0 Å². The molecule has 0 aliphatic heterocycles. The Hall–Kier alpha value is -0.0400. The second kappa shape index (κ2) is 6.22. The molecule has 102 valence electrons. The maximum atomic E-state index is 3.65. The molecule has 1 saturated carbocycles. The van der Waals surface area contributed by atoms with E-state index in [4.69, 9.17) is 0 Å². The third-order valence-corrected chi connectivity index (χ3v) is 5.38. The summed E-state index contributed by atoms with van der Waals surface area (Å²) < 4.78 is 0. The molecule has 1 aliphatic rings. The van der Waals surface area contributed by atoms with Gasteiger partial charge in [-0.2, -0.15) is 0 Å². The fourth-order valence-electron chi connectivity index (χ4n) is 3.12. The Bertz CT molecular complexity index is 204. The largest absolute Gasteiger partial charge is 0.316 e. The summed E-state index contributed by atoms with van der Waals surface area (Å²) in [5.41, 5.74) is 1.09. The lowest BCUT2D eigenvalue weighted by Crippen LogP contribution is -2.20. The molecular weight excluding hydrogens is 206 g/mol. The Morgan fingerprint density at radius 3 is 1.88 bits per heavy atom. The molecular formula is C16H33N. The highest BCUT2D eigenvalue weighted by Crippen LogP contribution is 2.67. The highest BCUT2D eigenvalue weighted by Gasteiger charge is 2.63. The van der Waals surface area contributed by atoms with Gasteiger partial charge in [-0.25, -0.2) is 0 Å². The maximum absolute atomic E-state index is 3.65.